The summed E-state index contributed by atoms with van der Waals surface area (Å²) in [6.07, 6.45) is 1.00. The SMILES string of the molecule is COc1ccc([C@H](CC(C)C)NC(=S)Nc2cc(C)ccc2C)cc1. The molecule has 0 bridgehead atoms. The van der Waals surface area contributed by atoms with Gasteiger partial charge in [-0.05, 0) is 73.3 Å². The Morgan fingerprint density at radius 2 is 1.76 bits per heavy atom. The molecule has 2 rings (SSSR count). The van der Waals surface area contributed by atoms with Crippen LogP contribution in [0.2, 0.25) is 0 Å². The van der Waals surface area contributed by atoms with E-state index in [1.807, 2.05) is 12.1 Å². The quantitative estimate of drug-likeness (QED) is 0.680. The third-order valence-electron chi connectivity index (χ3n) is 4.17. The number of anilines is 1. The lowest BCUT2D eigenvalue weighted by atomic mass is 9.97. The topological polar surface area (TPSA) is 33.3 Å². The fraction of sp³-hybridized carbons (Fsp3) is 0.381. The number of benzene rings is 2. The van der Waals surface area contributed by atoms with Gasteiger partial charge >= 0.3 is 0 Å². The highest BCUT2D eigenvalue weighted by atomic mass is 32.1. The van der Waals surface area contributed by atoms with Crippen molar-refractivity contribution in [2.45, 2.75) is 40.2 Å². The molecule has 0 amide bonds. The van der Waals surface area contributed by atoms with E-state index in [2.05, 4.69) is 68.7 Å². The Kier molecular flexibility index (Phi) is 6.82. The predicted molar refractivity (Wildman–Crippen MR) is 110 cm³/mol. The second-order valence-electron chi connectivity index (χ2n) is 6.87. The van der Waals surface area contributed by atoms with Gasteiger partial charge in [0.2, 0.25) is 0 Å². The molecule has 4 heteroatoms. The number of nitrogens with one attached hydrogen (secondary N) is 2. The average molecular weight is 357 g/mol. The zero-order chi connectivity index (χ0) is 18.4. The predicted octanol–water partition coefficient (Wildman–Crippen LogP) is 5.39. The van der Waals surface area contributed by atoms with Crippen LogP contribution >= 0.6 is 12.2 Å². The monoisotopic (exact) mass is 356 g/mol. The van der Waals surface area contributed by atoms with Crippen LogP contribution in [-0.4, -0.2) is 12.2 Å². The van der Waals surface area contributed by atoms with E-state index < -0.39 is 0 Å². The first-order valence-electron chi connectivity index (χ1n) is 8.67. The third-order valence-corrected chi connectivity index (χ3v) is 4.39. The van der Waals surface area contributed by atoms with Crippen molar-refractivity contribution in [2.75, 3.05) is 12.4 Å². The molecule has 0 fully saturated rings. The fourth-order valence-electron chi connectivity index (χ4n) is 2.77. The molecular weight excluding hydrogens is 328 g/mol. The third kappa shape index (κ3) is 5.75. The van der Waals surface area contributed by atoms with Gasteiger partial charge in [-0.3, -0.25) is 0 Å². The average Bonchev–Trinajstić information content (AvgIpc) is 2.57. The Bertz CT molecular complexity index is 710. The molecule has 0 aliphatic carbocycles. The molecule has 3 nitrogen and oxygen atoms in total. The Morgan fingerprint density at radius 3 is 2.36 bits per heavy atom. The molecule has 2 N–H and O–H groups in total. The van der Waals surface area contributed by atoms with Crippen LogP contribution in [0.4, 0.5) is 5.69 Å². The van der Waals surface area contributed by atoms with E-state index in [9.17, 15) is 0 Å². The minimum atomic E-state index is 0.163. The Hall–Kier alpha value is -2.07. The van der Waals surface area contributed by atoms with Crippen molar-refractivity contribution in [1.82, 2.24) is 5.32 Å². The summed E-state index contributed by atoms with van der Waals surface area (Å²) in [6.45, 7) is 8.61. The van der Waals surface area contributed by atoms with Crippen molar-refractivity contribution in [1.29, 1.82) is 0 Å². The maximum atomic E-state index is 5.57. The Morgan fingerprint density at radius 1 is 1.08 bits per heavy atom. The minimum Gasteiger partial charge on any atom is -0.497 e. The van der Waals surface area contributed by atoms with Crippen LogP contribution in [0.25, 0.3) is 0 Å². The van der Waals surface area contributed by atoms with E-state index in [1.165, 1.54) is 16.7 Å². The molecule has 25 heavy (non-hydrogen) atoms. The first-order chi connectivity index (χ1) is 11.9. The fourth-order valence-corrected chi connectivity index (χ4v) is 3.03. The van der Waals surface area contributed by atoms with Crippen LogP contribution in [0.15, 0.2) is 42.5 Å². The molecule has 0 radical (unpaired) electrons. The van der Waals surface area contributed by atoms with Crippen LogP contribution in [0, 0.1) is 19.8 Å². The van der Waals surface area contributed by atoms with Gasteiger partial charge in [0.25, 0.3) is 0 Å². The van der Waals surface area contributed by atoms with Crippen LogP contribution in [-0.2, 0) is 0 Å². The first-order valence-corrected chi connectivity index (χ1v) is 9.08. The van der Waals surface area contributed by atoms with Crippen LogP contribution < -0.4 is 15.4 Å². The van der Waals surface area contributed by atoms with Gasteiger partial charge in [0.05, 0.1) is 13.2 Å². The molecule has 1 atom stereocenters. The van der Waals surface area contributed by atoms with Gasteiger partial charge in [0.1, 0.15) is 5.75 Å². The standard InChI is InChI=1S/C21H28N2OS/c1-14(2)12-20(17-8-10-18(24-5)11-9-17)23-21(25)22-19-13-15(3)6-7-16(19)4/h6-11,13-14,20H,12H2,1-5H3,(H2,22,23,25)/t20-/m0/s1. The summed E-state index contributed by atoms with van der Waals surface area (Å²) in [5.74, 6) is 1.42. The molecule has 2 aromatic carbocycles. The zero-order valence-corrected chi connectivity index (χ0v) is 16.5. The Labute approximate surface area is 156 Å². The van der Waals surface area contributed by atoms with Crippen molar-refractivity contribution < 1.29 is 4.74 Å². The number of hydrogen-bond donors (Lipinski definition) is 2. The van der Waals surface area contributed by atoms with Gasteiger partial charge in [-0.2, -0.15) is 0 Å². The van der Waals surface area contributed by atoms with E-state index >= 15 is 0 Å². The number of hydrogen-bond acceptors (Lipinski definition) is 2. The van der Waals surface area contributed by atoms with E-state index in [4.69, 9.17) is 17.0 Å². The summed E-state index contributed by atoms with van der Waals surface area (Å²) in [5.41, 5.74) is 4.65. The lowest BCUT2D eigenvalue weighted by Crippen LogP contribution is -2.33. The lowest BCUT2D eigenvalue weighted by Gasteiger charge is -2.24. The summed E-state index contributed by atoms with van der Waals surface area (Å²) >= 11 is 5.57. The van der Waals surface area contributed by atoms with Crippen molar-refractivity contribution in [3.63, 3.8) is 0 Å². The molecule has 2 aromatic rings. The summed E-state index contributed by atoms with van der Waals surface area (Å²) in [6, 6.07) is 14.7. The van der Waals surface area contributed by atoms with Crippen LogP contribution in [0.3, 0.4) is 0 Å². The maximum absolute atomic E-state index is 5.57. The molecule has 0 saturated heterocycles. The van der Waals surface area contributed by atoms with Crippen molar-refractivity contribution in [3.05, 3.63) is 59.2 Å². The van der Waals surface area contributed by atoms with E-state index in [0.29, 0.717) is 11.0 Å². The summed E-state index contributed by atoms with van der Waals surface area (Å²) in [5, 5.41) is 7.47. The van der Waals surface area contributed by atoms with Gasteiger partial charge in [0.15, 0.2) is 5.11 Å². The smallest absolute Gasteiger partial charge is 0.171 e. The van der Waals surface area contributed by atoms with Gasteiger partial charge in [-0.25, -0.2) is 0 Å². The van der Waals surface area contributed by atoms with Gasteiger partial charge in [-0.1, -0.05) is 38.1 Å². The summed E-state index contributed by atoms with van der Waals surface area (Å²) < 4.78 is 5.26. The molecule has 0 heterocycles. The molecule has 0 saturated carbocycles. The van der Waals surface area contributed by atoms with Crippen LogP contribution in [0.1, 0.15) is 43.0 Å². The van der Waals surface area contributed by atoms with Gasteiger partial charge in [0, 0.05) is 5.69 Å². The molecule has 0 aliphatic heterocycles. The molecule has 0 aliphatic rings. The second-order valence-corrected chi connectivity index (χ2v) is 7.28. The first kappa shape index (κ1) is 19.3. The number of rotatable bonds is 6. The van der Waals surface area contributed by atoms with E-state index in [0.717, 1.165) is 17.9 Å². The number of methoxy groups -OCH3 is 1. The van der Waals surface area contributed by atoms with Gasteiger partial charge in [-0.15, -0.1) is 0 Å². The highest BCUT2D eigenvalue weighted by molar-refractivity contribution is 7.80. The summed E-state index contributed by atoms with van der Waals surface area (Å²) in [7, 11) is 1.68. The van der Waals surface area contributed by atoms with Crippen LogP contribution in [0.5, 0.6) is 5.75 Å². The number of aryl methyl sites for hydroxylation is 2. The molecule has 0 spiro atoms. The molecule has 0 aromatic heterocycles. The van der Waals surface area contributed by atoms with Crippen molar-refractivity contribution >= 4 is 23.0 Å². The molecule has 134 valence electrons. The highest BCUT2D eigenvalue weighted by Gasteiger charge is 2.15. The van der Waals surface area contributed by atoms with E-state index in [1.54, 1.807) is 7.11 Å². The molecular formula is C21H28N2OS. The zero-order valence-electron chi connectivity index (χ0n) is 15.7. The van der Waals surface area contributed by atoms with Crippen molar-refractivity contribution in [2.24, 2.45) is 5.92 Å². The molecule has 0 unspecified atom stereocenters. The Balaban J connectivity index is 2.12. The summed E-state index contributed by atoms with van der Waals surface area (Å²) in [4.78, 5) is 0. The normalized spacial score (nSPS) is 11.9. The second kappa shape index (κ2) is 8.86. The number of ether oxygens (including phenoxy) is 1. The maximum Gasteiger partial charge on any atom is 0.171 e. The highest BCUT2D eigenvalue weighted by Crippen LogP contribution is 2.24. The largest absolute Gasteiger partial charge is 0.497 e. The number of thiocarbonyl (C=S) groups is 1. The van der Waals surface area contributed by atoms with Crippen molar-refractivity contribution in [3.8, 4) is 5.75 Å². The minimum absolute atomic E-state index is 0.163. The van der Waals surface area contributed by atoms with E-state index in [-0.39, 0.29) is 6.04 Å². The lowest BCUT2D eigenvalue weighted by molar-refractivity contribution is 0.414. The van der Waals surface area contributed by atoms with Gasteiger partial charge < -0.3 is 15.4 Å².